The molecular weight excluding hydrogens is 556 g/mol. The second-order valence-corrected chi connectivity index (χ2v) is 10.2. The fraction of sp³-hybridized carbons (Fsp3) is 0.306. The zero-order chi connectivity index (χ0) is 30.7. The fourth-order valence-corrected chi connectivity index (χ4v) is 3.45. The summed E-state index contributed by atoms with van der Waals surface area (Å²) in [5, 5.41) is 7.43. The summed E-state index contributed by atoms with van der Waals surface area (Å²) in [7, 11) is 0. The van der Waals surface area contributed by atoms with Crippen LogP contribution in [0.2, 0.25) is 0 Å². The first-order valence-corrected chi connectivity index (χ1v) is 14.6. The number of benzene rings is 2. The van der Waals surface area contributed by atoms with Crippen LogP contribution in [0, 0.1) is 13.8 Å². The second kappa shape index (κ2) is 20.5. The van der Waals surface area contributed by atoms with Crippen LogP contribution in [0.1, 0.15) is 77.3 Å². The van der Waals surface area contributed by atoms with Crippen molar-refractivity contribution in [1.82, 2.24) is 10.5 Å². The molecule has 0 saturated carbocycles. The Labute approximate surface area is 252 Å². The first kappa shape index (κ1) is 36.6. The average Bonchev–Trinajstić information content (AvgIpc) is 3.34. The van der Waals surface area contributed by atoms with Gasteiger partial charge in [-0.25, -0.2) is 0 Å². The van der Waals surface area contributed by atoms with E-state index < -0.39 is 0 Å². The summed E-state index contributed by atoms with van der Waals surface area (Å²) < 4.78 is 6.39. The molecule has 3 rings (SSSR count). The molecule has 0 bridgehead atoms. The molecule has 0 aliphatic rings. The largest absolute Gasteiger partial charge is 0.385 e. The van der Waals surface area contributed by atoms with Gasteiger partial charge in [0.1, 0.15) is 11.5 Å². The quantitative estimate of drug-likeness (QED) is 0.260. The topological polar surface area (TPSA) is 38.1 Å². The summed E-state index contributed by atoms with van der Waals surface area (Å²) in [5.41, 5.74) is 9.89. The first-order valence-electron chi connectivity index (χ1n) is 13.8. The summed E-state index contributed by atoms with van der Waals surface area (Å²) in [6.45, 7) is 31.0. The van der Waals surface area contributed by atoms with Crippen molar-refractivity contribution < 1.29 is 4.52 Å². The van der Waals surface area contributed by atoms with Crippen LogP contribution in [0.25, 0.3) is 22.5 Å². The maximum absolute atomic E-state index is 5.30. The molecule has 0 amide bonds. The van der Waals surface area contributed by atoms with Crippen LogP contribution in [-0.2, 0) is 0 Å². The first-order chi connectivity index (χ1) is 19.0. The number of allylic oxidation sites excluding steroid dienone is 6. The van der Waals surface area contributed by atoms with Crippen LogP contribution < -0.4 is 5.32 Å². The zero-order valence-electron chi connectivity index (χ0n) is 26.1. The van der Waals surface area contributed by atoms with Crippen molar-refractivity contribution in [2.45, 2.75) is 68.7 Å². The molecule has 0 atom stereocenters. The lowest BCUT2D eigenvalue weighted by Crippen LogP contribution is -2.12. The number of nitrogens with zero attached hydrogens (tertiary/aromatic N) is 1. The highest BCUT2D eigenvalue weighted by Crippen LogP contribution is 2.28. The van der Waals surface area contributed by atoms with Crippen LogP contribution in [-0.4, -0.2) is 11.7 Å². The van der Waals surface area contributed by atoms with E-state index in [1.165, 1.54) is 22.3 Å². The molecule has 0 saturated heterocycles. The summed E-state index contributed by atoms with van der Waals surface area (Å²) in [6, 6.07) is 18.3. The van der Waals surface area contributed by atoms with Gasteiger partial charge in [0.25, 0.3) is 0 Å². The summed E-state index contributed by atoms with van der Waals surface area (Å²) in [4.78, 5) is 0. The number of halogens is 1. The number of nitrogens with one attached hydrogen (secondary N) is 1. The lowest BCUT2D eigenvalue weighted by molar-refractivity contribution is 0.399. The fourth-order valence-electron chi connectivity index (χ4n) is 3.45. The Hall–Kier alpha value is -3.37. The van der Waals surface area contributed by atoms with Crippen molar-refractivity contribution in [3.8, 4) is 11.3 Å². The Kier molecular flexibility index (Phi) is 18.8. The minimum atomic E-state index is 0.794. The average molecular weight is 606 g/mol. The van der Waals surface area contributed by atoms with E-state index in [1.54, 1.807) is 6.08 Å². The molecule has 1 N–H and O–H groups in total. The molecule has 0 aliphatic heterocycles. The van der Waals surface area contributed by atoms with Gasteiger partial charge in [-0.2, -0.15) is 0 Å². The lowest BCUT2D eigenvalue weighted by Gasteiger charge is -2.08. The van der Waals surface area contributed by atoms with E-state index in [4.69, 9.17) is 4.52 Å². The van der Waals surface area contributed by atoms with Crippen LogP contribution >= 0.6 is 15.9 Å². The van der Waals surface area contributed by atoms with E-state index in [2.05, 4.69) is 98.1 Å². The highest BCUT2D eigenvalue weighted by atomic mass is 79.9. The van der Waals surface area contributed by atoms with Crippen molar-refractivity contribution in [3.63, 3.8) is 0 Å². The van der Waals surface area contributed by atoms with Crippen LogP contribution in [0.5, 0.6) is 0 Å². The molecule has 0 radical (unpaired) electrons. The van der Waals surface area contributed by atoms with Gasteiger partial charge in [-0.05, 0) is 64.7 Å². The lowest BCUT2D eigenvalue weighted by atomic mass is 10.0. The third kappa shape index (κ3) is 13.1. The number of aromatic nitrogens is 1. The molecule has 2 aromatic carbocycles. The molecule has 1 heterocycles. The van der Waals surface area contributed by atoms with E-state index in [9.17, 15) is 0 Å². The van der Waals surface area contributed by atoms with E-state index >= 15 is 0 Å². The minimum Gasteiger partial charge on any atom is -0.385 e. The van der Waals surface area contributed by atoms with E-state index in [-0.39, 0.29) is 0 Å². The normalized spacial score (nSPS) is 9.25. The monoisotopic (exact) mass is 604 g/mol. The summed E-state index contributed by atoms with van der Waals surface area (Å²) >= 11 is 3.30. The van der Waals surface area contributed by atoms with Crippen molar-refractivity contribution in [1.29, 1.82) is 0 Å². The highest BCUT2D eigenvalue weighted by Gasteiger charge is 2.16. The minimum absolute atomic E-state index is 0.794. The molecule has 3 aromatic rings. The second-order valence-electron chi connectivity index (χ2n) is 9.35. The van der Waals surface area contributed by atoms with Gasteiger partial charge in [-0.1, -0.05) is 139 Å². The van der Waals surface area contributed by atoms with Gasteiger partial charge in [-0.15, -0.1) is 0 Å². The molecule has 0 aliphatic carbocycles. The molecule has 0 spiro atoms. The van der Waals surface area contributed by atoms with E-state index in [0.717, 1.165) is 51.3 Å². The SMILES string of the molecule is C=C(C=C(C)C)c1ccccc1C.C=C(NCCC)c1c(-c2ccccc2)noc1C.C=CC(Br)=C(C)C.CC. The molecule has 0 unspecified atom stereocenters. The van der Waals surface area contributed by atoms with Gasteiger partial charge in [0.2, 0.25) is 0 Å². The Bertz CT molecular complexity index is 1250. The third-order valence-corrected chi connectivity index (χ3v) is 6.53. The van der Waals surface area contributed by atoms with Gasteiger partial charge in [0.15, 0.2) is 0 Å². The van der Waals surface area contributed by atoms with Crippen molar-refractivity contribution >= 4 is 27.2 Å². The van der Waals surface area contributed by atoms with Gasteiger partial charge >= 0.3 is 0 Å². The maximum atomic E-state index is 5.30. The number of hydrogen-bond acceptors (Lipinski definition) is 3. The Morgan fingerprint density at radius 2 is 1.52 bits per heavy atom. The summed E-state index contributed by atoms with van der Waals surface area (Å²) in [6.07, 6.45) is 4.96. The predicted molar refractivity (Wildman–Crippen MR) is 182 cm³/mol. The van der Waals surface area contributed by atoms with Gasteiger partial charge in [-0.3, -0.25) is 0 Å². The molecule has 40 heavy (non-hydrogen) atoms. The molecule has 0 fully saturated rings. The molecule has 4 heteroatoms. The number of rotatable bonds is 8. The molecule has 1 aromatic heterocycles. The molecule has 3 nitrogen and oxygen atoms in total. The van der Waals surface area contributed by atoms with Crippen molar-refractivity contribution in [2.24, 2.45) is 0 Å². The van der Waals surface area contributed by atoms with Crippen LogP contribution in [0.3, 0.4) is 0 Å². The highest BCUT2D eigenvalue weighted by molar-refractivity contribution is 9.11. The zero-order valence-corrected chi connectivity index (χ0v) is 27.7. The smallest absolute Gasteiger partial charge is 0.143 e. The molecule has 216 valence electrons. The standard InChI is InChI=1S/C15H18N2O.C13H16.C6H9Br.C2H6/c1-4-10-16-11(2)14-12(3)18-17-15(14)13-8-6-5-7-9-13;1-10(2)9-12(4)13-8-6-5-7-11(13)3;1-4-6(7)5(2)3;1-2/h5-9,16H,2,4,10H2,1,3H3;5-9H,4H2,1-3H3;4H,1H2,2-3H3;1-2H3. The number of aryl methyl sites for hydroxylation is 2. The van der Waals surface area contributed by atoms with Crippen molar-refractivity contribution in [2.75, 3.05) is 6.54 Å². The van der Waals surface area contributed by atoms with Crippen molar-refractivity contribution in [3.05, 3.63) is 125 Å². The van der Waals surface area contributed by atoms with Crippen LogP contribution in [0.15, 0.2) is 107 Å². The predicted octanol–water partition coefficient (Wildman–Crippen LogP) is 11.5. The Morgan fingerprint density at radius 3 is 2.00 bits per heavy atom. The van der Waals surface area contributed by atoms with E-state index in [0.29, 0.717) is 0 Å². The summed E-state index contributed by atoms with van der Waals surface area (Å²) in [5.74, 6) is 0.794. The molecular formula is C36H49BrN2O. The third-order valence-electron chi connectivity index (χ3n) is 5.41. The van der Waals surface area contributed by atoms with E-state index in [1.807, 2.05) is 71.0 Å². The van der Waals surface area contributed by atoms with Crippen LogP contribution in [0.4, 0.5) is 0 Å². The Morgan fingerprint density at radius 1 is 0.950 bits per heavy atom. The van der Waals surface area contributed by atoms with Gasteiger partial charge in [0.05, 0.1) is 5.56 Å². The maximum Gasteiger partial charge on any atom is 0.143 e. The Balaban J connectivity index is 0.000000606. The number of hydrogen-bond donors (Lipinski definition) is 1. The van der Waals surface area contributed by atoms with Gasteiger partial charge < -0.3 is 9.84 Å². The van der Waals surface area contributed by atoms with Gasteiger partial charge in [0, 0.05) is 22.3 Å².